The molecule has 2 aliphatic heterocycles. The molecule has 2 aromatic heterocycles. The number of likely N-dealkylation sites (tertiary alicyclic amines) is 1. The molecule has 4 heterocycles. The summed E-state index contributed by atoms with van der Waals surface area (Å²) in [6.45, 7) is 8.57. The van der Waals surface area contributed by atoms with Crippen LogP contribution in [0.4, 0.5) is 11.5 Å². The summed E-state index contributed by atoms with van der Waals surface area (Å²) in [5, 5.41) is 1.03. The highest BCUT2D eigenvalue weighted by Crippen LogP contribution is 2.37. The van der Waals surface area contributed by atoms with Gasteiger partial charge in [-0.05, 0) is 50.3 Å². The van der Waals surface area contributed by atoms with Crippen molar-refractivity contribution in [3.63, 3.8) is 0 Å². The van der Waals surface area contributed by atoms with Gasteiger partial charge in [0, 0.05) is 38.8 Å². The monoisotopic (exact) mass is 479 g/mol. The second-order valence-electron chi connectivity index (χ2n) is 9.14. The van der Waals surface area contributed by atoms with E-state index in [-0.39, 0.29) is 5.91 Å². The lowest BCUT2D eigenvalue weighted by Crippen LogP contribution is -2.47. The molecule has 0 unspecified atom stereocenters. The van der Waals surface area contributed by atoms with E-state index in [2.05, 4.69) is 45.7 Å². The normalized spacial score (nSPS) is 19.0. The Morgan fingerprint density at radius 1 is 1.09 bits per heavy atom. The standard InChI is InChI=1S/C26H33N5O2S/c1-4-19-9-7-8-12-31(19)26(32)23-18(2)22-24(27-17-28-25(22)34-23)30-15-13-29(14-16-30)20-10-5-6-11-21(20)33-3/h5-6,10-11,17,19H,4,7-9,12-16H2,1-3H3/t19-/m1/s1. The molecule has 7 nitrogen and oxygen atoms in total. The molecule has 0 bridgehead atoms. The molecular weight excluding hydrogens is 446 g/mol. The number of methoxy groups -OCH3 is 1. The number of piperidine rings is 1. The first kappa shape index (κ1) is 22.9. The lowest BCUT2D eigenvalue weighted by Gasteiger charge is -2.37. The van der Waals surface area contributed by atoms with Gasteiger partial charge in [-0.25, -0.2) is 9.97 Å². The number of benzene rings is 1. The Bertz CT molecular complexity index is 1170. The van der Waals surface area contributed by atoms with Crippen LogP contribution in [0.1, 0.15) is 47.8 Å². The topological polar surface area (TPSA) is 61.8 Å². The second kappa shape index (κ2) is 9.78. The van der Waals surface area contributed by atoms with Crippen LogP contribution >= 0.6 is 11.3 Å². The Balaban J connectivity index is 1.40. The van der Waals surface area contributed by atoms with Gasteiger partial charge < -0.3 is 19.4 Å². The van der Waals surface area contributed by atoms with Crippen LogP contribution in [0.2, 0.25) is 0 Å². The van der Waals surface area contributed by atoms with Crippen LogP contribution in [0, 0.1) is 6.92 Å². The lowest BCUT2D eigenvalue weighted by molar-refractivity contribution is 0.0612. The van der Waals surface area contributed by atoms with Gasteiger partial charge in [0.2, 0.25) is 0 Å². The molecule has 34 heavy (non-hydrogen) atoms. The van der Waals surface area contributed by atoms with Crippen molar-refractivity contribution in [1.82, 2.24) is 14.9 Å². The van der Waals surface area contributed by atoms with E-state index >= 15 is 0 Å². The molecule has 0 saturated carbocycles. The van der Waals surface area contributed by atoms with Crippen LogP contribution in [0.15, 0.2) is 30.6 Å². The average molecular weight is 480 g/mol. The first-order valence-corrected chi connectivity index (χ1v) is 13.1. The molecule has 1 aromatic carbocycles. The summed E-state index contributed by atoms with van der Waals surface area (Å²) in [5.74, 6) is 2.02. The Morgan fingerprint density at radius 3 is 2.62 bits per heavy atom. The zero-order valence-corrected chi connectivity index (χ0v) is 21.1. The summed E-state index contributed by atoms with van der Waals surface area (Å²) in [7, 11) is 1.72. The predicted octanol–water partition coefficient (Wildman–Crippen LogP) is 4.74. The first-order chi connectivity index (χ1) is 16.6. The number of hydrogen-bond acceptors (Lipinski definition) is 7. The number of aryl methyl sites for hydroxylation is 1. The summed E-state index contributed by atoms with van der Waals surface area (Å²) in [4.78, 5) is 31.3. The van der Waals surface area contributed by atoms with Crippen molar-refractivity contribution in [2.24, 2.45) is 0 Å². The van der Waals surface area contributed by atoms with Crippen molar-refractivity contribution in [2.75, 3.05) is 49.6 Å². The molecule has 5 rings (SSSR count). The van der Waals surface area contributed by atoms with Gasteiger partial charge in [0.1, 0.15) is 22.7 Å². The van der Waals surface area contributed by atoms with Crippen LogP contribution in [-0.2, 0) is 0 Å². The number of thiophene rings is 1. The van der Waals surface area contributed by atoms with Gasteiger partial charge in [0.25, 0.3) is 5.91 Å². The van der Waals surface area contributed by atoms with Crippen molar-refractivity contribution >= 4 is 39.0 Å². The van der Waals surface area contributed by atoms with Gasteiger partial charge in [-0.2, -0.15) is 0 Å². The number of hydrogen-bond donors (Lipinski definition) is 0. The Kier molecular flexibility index (Phi) is 6.59. The maximum atomic E-state index is 13.6. The third kappa shape index (κ3) is 4.08. The number of nitrogens with zero attached hydrogens (tertiary/aromatic N) is 5. The zero-order valence-electron chi connectivity index (χ0n) is 20.3. The van der Waals surface area contributed by atoms with E-state index in [0.29, 0.717) is 6.04 Å². The molecule has 1 amide bonds. The molecule has 180 valence electrons. The van der Waals surface area contributed by atoms with Crippen molar-refractivity contribution in [2.45, 2.75) is 45.6 Å². The van der Waals surface area contributed by atoms with E-state index in [4.69, 9.17) is 9.72 Å². The smallest absolute Gasteiger partial charge is 0.264 e. The number of fused-ring (bicyclic) bond motifs is 1. The molecule has 3 aromatic rings. The molecule has 0 N–H and O–H groups in total. The highest BCUT2D eigenvalue weighted by Gasteiger charge is 2.30. The van der Waals surface area contributed by atoms with Crippen molar-refractivity contribution < 1.29 is 9.53 Å². The Labute approximate surface area is 205 Å². The van der Waals surface area contributed by atoms with Gasteiger partial charge in [-0.3, -0.25) is 4.79 Å². The van der Waals surface area contributed by atoms with Crippen molar-refractivity contribution in [3.05, 3.63) is 41.0 Å². The molecule has 8 heteroatoms. The summed E-state index contributed by atoms with van der Waals surface area (Å²) in [6.07, 6.45) is 6.06. The van der Waals surface area contributed by atoms with E-state index in [9.17, 15) is 4.79 Å². The maximum absolute atomic E-state index is 13.6. The summed E-state index contributed by atoms with van der Waals surface area (Å²) in [5.41, 5.74) is 2.15. The highest BCUT2D eigenvalue weighted by molar-refractivity contribution is 7.20. The number of rotatable bonds is 5. The van der Waals surface area contributed by atoms with E-state index in [1.807, 2.05) is 12.1 Å². The average Bonchev–Trinajstić information content (AvgIpc) is 3.24. The minimum absolute atomic E-state index is 0.166. The van der Waals surface area contributed by atoms with E-state index in [0.717, 1.165) is 89.9 Å². The third-order valence-electron chi connectivity index (χ3n) is 7.27. The van der Waals surface area contributed by atoms with Crippen LogP contribution in [-0.4, -0.2) is 66.7 Å². The van der Waals surface area contributed by atoms with Crippen molar-refractivity contribution in [1.29, 1.82) is 0 Å². The number of carbonyl (C=O) groups excluding carboxylic acids is 1. The number of aromatic nitrogens is 2. The van der Waals surface area contributed by atoms with Crippen LogP contribution in [0.25, 0.3) is 10.2 Å². The molecular formula is C26H33N5O2S. The lowest BCUT2D eigenvalue weighted by atomic mass is 9.99. The number of carbonyl (C=O) groups is 1. The molecule has 2 aliphatic rings. The number of amides is 1. The number of piperazine rings is 1. The highest BCUT2D eigenvalue weighted by atomic mass is 32.1. The SMILES string of the molecule is CC[C@@H]1CCCCN1C(=O)c1sc2ncnc(N3CCN(c4ccccc4OC)CC3)c2c1C. The minimum Gasteiger partial charge on any atom is -0.495 e. The van der Waals surface area contributed by atoms with E-state index in [1.54, 1.807) is 13.4 Å². The third-order valence-corrected chi connectivity index (χ3v) is 8.45. The zero-order chi connectivity index (χ0) is 23.7. The number of para-hydroxylation sites is 2. The summed E-state index contributed by atoms with van der Waals surface area (Å²) < 4.78 is 5.56. The number of ether oxygens (including phenoxy) is 1. The number of anilines is 2. The summed E-state index contributed by atoms with van der Waals surface area (Å²) >= 11 is 1.52. The van der Waals surface area contributed by atoms with Crippen LogP contribution < -0.4 is 14.5 Å². The van der Waals surface area contributed by atoms with Gasteiger partial charge in [-0.1, -0.05) is 19.1 Å². The fourth-order valence-electron chi connectivity index (χ4n) is 5.37. The molecule has 0 spiro atoms. The quantitative estimate of drug-likeness (QED) is 0.527. The minimum atomic E-state index is 0.166. The summed E-state index contributed by atoms with van der Waals surface area (Å²) in [6, 6.07) is 8.52. The molecule has 1 atom stereocenters. The second-order valence-corrected chi connectivity index (χ2v) is 10.1. The van der Waals surface area contributed by atoms with Crippen LogP contribution in [0.5, 0.6) is 5.75 Å². The van der Waals surface area contributed by atoms with Crippen molar-refractivity contribution in [3.8, 4) is 5.75 Å². The fourth-order valence-corrected chi connectivity index (χ4v) is 6.47. The predicted molar refractivity (Wildman–Crippen MR) is 139 cm³/mol. The molecule has 2 fully saturated rings. The van der Waals surface area contributed by atoms with E-state index < -0.39 is 0 Å². The Morgan fingerprint density at radius 2 is 1.85 bits per heavy atom. The molecule has 0 aliphatic carbocycles. The van der Waals surface area contributed by atoms with Gasteiger partial charge >= 0.3 is 0 Å². The Hall–Kier alpha value is -2.87. The largest absolute Gasteiger partial charge is 0.495 e. The van der Waals surface area contributed by atoms with Gasteiger partial charge in [0.05, 0.1) is 23.1 Å². The molecule has 2 saturated heterocycles. The van der Waals surface area contributed by atoms with E-state index in [1.165, 1.54) is 17.8 Å². The van der Waals surface area contributed by atoms with Gasteiger partial charge in [-0.15, -0.1) is 11.3 Å². The first-order valence-electron chi connectivity index (χ1n) is 12.3. The fraction of sp³-hybridized carbons (Fsp3) is 0.500. The molecule has 0 radical (unpaired) electrons. The maximum Gasteiger partial charge on any atom is 0.264 e. The van der Waals surface area contributed by atoms with Gasteiger partial charge in [0.15, 0.2) is 0 Å². The van der Waals surface area contributed by atoms with Crippen LogP contribution in [0.3, 0.4) is 0 Å².